The van der Waals surface area contributed by atoms with Crippen LogP contribution in [0.5, 0.6) is 5.75 Å². The predicted molar refractivity (Wildman–Crippen MR) is 75.9 cm³/mol. The van der Waals surface area contributed by atoms with Crippen LogP contribution in [-0.4, -0.2) is 18.2 Å². The van der Waals surface area contributed by atoms with E-state index < -0.39 is 0 Å². The molecule has 0 fully saturated rings. The van der Waals surface area contributed by atoms with Gasteiger partial charge in [0, 0.05) is 5.71 Å². The van der Waals surface area contributed by atoms with Crippen LogP contribution in [0.15, 0.2) is 27.8 Å². The number of benzene rings is 1. The maximum absolute atomic E-state index is 11.5. The Labute approximate surface area is 116 Å². The van der Waals surface area contributed by atoms with Gasteiger partial charge in [0.2, 0.25) is 0 Å². The van der Waals surface area contributed by atoms with Gasteiger partial charge in [-0.2, -0.15) is 5.10 Å². The molecule has 0 unspecified atom stereocenters. The second-order valence-electron chi connectivity index (χ2n) is 3.96. The molecule has 0 aliphatic rings. The first-order valence-corrected chi connectivity index (χ1v) is 6.53. The number of nitrogens with zero attached hydrogens (tertiary/aromatic N) is 1. The summed E-state index contributed by atoms with van der Waals surface area (Å²) in [5.41, 5.74) is 4.44. The summed E-state index contributed by atoms with van der Waals surface area (Å²) in [4.78, 5) is 11.5. The molecule has 0 spiro atoms. The highest BCUT2D eigenvalue weighted by molar-refractivity contribution is 9.10. The summed E-state index contributed by atoms with van der Waals surface area (Å²) < 4.78 is 6.23. The second kappa shape index (κ2) is 7.16. The first-order chi connectivity index (χ1) is 8.52. The minimum atomic E-state index is -0.268. The van der Waals surface area contributed by atoms with E-state index in [2.05, 4.69) is 26.5 Å². The third-order valence-electron chi connectivity index (χ3n) is 2.33. The van der Waals surface area contributed by atoms with Crippen LogP contribution < -0.4 is 10.2 Å². The summed E-state index contributed by atoms with van der Waals surface area (Å²) in [5, 5.41) is 3.92. The first kappa shape index (κ1) is 14.7. The lowest BCUT2D eigenvalue weighted by molar-refractivity contribution is -0.123. The van der Waals surface area contributed by atoms with Gasteiger partial charge in [0.15, 0.2) is 6.61 Å². The molecule has 0 saturated carbocycles. The van der Waals surface area contributed by atoms with Crippen LogP contribution in [0.4, 0.5) is 0 Å². The summed E-state index contributed by atoms with van der Waals surface area (Å²) in [5.74, 6) is 0.377. The van der Waals surface area contributed by atoms with Crippen molar-refractivity contribution >= 4 is 27.5 Å². The fourth-order valence-electron chi connectivity index (χ4n) is 1.14. The van der Waals surface area contributed by atoms with E-state index in [4.69, 9.17) is 4.74 Å². The fourth-order valence-corrected chi connectivity index (χ4v) is 1.74. The van der Waals surface area contributed by atoms with E-state index in [-0.39, 0.29) is 12.5 Å². The van der Waals surface area contributed by atoms with Crippen molar-refractivity contribution < 1.29 is 9.53 Å². The van der Waals surface area contributed by atoms with Crippen molar-refractivity contribution in [1.82, 2.24) is 5.43 Å². The Bertz CT molecular complexity index is 458. The van der Waals surface area contributed by atoms with E-state index in [1.807, 2.05) is 39.0 Å². The van der Waals surface area contributed by atoms with Crippen LogP contribution in [0.1, 0.15) is 25.8 Å². The Morgan fingerprint density at radius 2 is 2.22 bits per heavy atom. The summed E-state index contributed by atoms with van der Waals surface area (Å²) in [6, 6.07) is 5.69. The zero-order valence-corrected chi connectivity index (χ0v) is 12.4. The smallest absolute Gasteiger partial charge is 0.277 e. The Hall–Kier alpha value is -1.36. The Kier molecular flexibility index (Phi) is 5.85. The molecular formula is C13H17BrN2O2. The Morgan fingerprint density at radius 3 is 2.83 bits per heavy atom. The van der Waals surface area contributed by atoms with Gasteiger partial charge in [-0.3, -0.25) is 4.79 Å². The molecule has 0 saturated heterocycles. The van der Waals surface area contributed by atoms with Gasteiger partial charge in [-0.1, -0.05) is 13.0 Å². The van der Waals surface area contributed by atoms with E-state index in [0.29, 0.717) is 5.75 Å². The van der Waals surface area contributed by atoms with E-state index >= 15 is 0 Å². The SMILES string of the molecule is CCC(C)=NNC(=O)COc1ccc(C)cc1Br. The van der Waals surface area contributed by atoms with E-state index in [1.54, 1.807) is 0 Å². The normalized spacial score (nSPS) is 11.2. The lowest BCUT2D eigenvalue weighted by Crippen LogP contribution is -2.25. The Morgan fingerprint density at radius 1 is 1.50 bits per heavy atom. The minimum Gasteiger partial charge on any atom is -0.483 e. The summed E-state index contributed by atoms with van der Waals surface area (Å²) in [6.07, 6.45) is 0.810. The standard InChI is InChI=1S/C13H17BrN2O2/c1-4-10(3)15-16-13(17)8-18-12-6-5-9(2)7-11(12)14/h5-7H,4,8H2,1-3H3,(H,16,17). The third kappa shape index (κ3) is 4.87. The molecule has 0 aliphatic heterocycles. The van der Waals surface area contributed by atoms with Crippen molar-refractivity contribution in [3.63, 3.8) is 0 Å². The maximum Gasteiger partial charge on any atom is 0.277 e. The van der Waals surface area contributed by atoms with Crippen LogP contribution in [0, 0.1) is 6.92 Å². The molecule has 1 amide bonds. The minimum absolute atomic E-state index is 0.0534. The largest absolute Gasteiger partial charge is 0.483 e. The molecule has 1 N–H and O–H groups in total. The van der Waals surface area contributed by atoms with Gasteiger partial charge in [0.05, 0.1) is 4.47 Å². The molecular weight excluding hydrogens is 296 g/mol. The Balaban J connectivity index is 2.47. The molecule has 98 valence electrons. The molecule has 0 atom stereocenters. The number of amides is 1. The molecule has 0 bridgehead atoms. The number of carbonyl (C=O) groups is 1. The highest BCUT2D eigenvalue weighted by atomic mass is 79.9. The molecule has 0 radical (unpaired) electrons. The second-order valence-corrected chi connectivity index (χ2v) is 4.81. The summed E-state index contributed by atoms with van der Waals surface area (Å²) in [7, 11) is 0. The number of hydrogen-bond acceptors (Lipinski definition) is 3. The lowest BCUT2D eigenvalue weighted by atomic mass is 10.2. The monoisotopic (exact) mass is 312 g/mol. The zero-order valence-electron chi connectivity index (χ0n) is 10.8. The zero-order chi connectivity index (χ0) is 13.5. The summed E-state index contributed by atoms with van der Waals surface area (Å²) in [6.45, 7) is 5.77. The van der Waals surface area contributed by atoms with Crippen molar-refractivity contribution in [1.29, 1.82) is 0 Å². The van der Waals surface area contributed by atoms with Gasteiger partial charge in [0.25, 0.3) is 5.91 Å². The van der Waals surface area contributed by atoms with Gasteiger partial charge < -0.3 is 4.74 Å². The number of halogens is 1. The maximum atomic E-state index is 11.5. The van der Waals surface area contributed by atoms with E-state index in [1.165, 1.54) is 0 Å². The molecule has 5 heteroatoms. The van der Waals surface area contributed by atoms with E-state index in [0.717, 1.165) is 22.2 Å². The van der Waals surface area contributed by atoms with Gasteiger partial charge in [-0.25, -0.2) is 5.43 Å². The number of rotatable bonds is 5. The van der Waals surface area contributed by atoms with Crippen LogP contribution in [0.25, 0.3) is 0 Å². The molecule has 1 rings (SSSR count). The van der Waals surface area contributed by atoms with Crippen molar-refractivity contribution in [2.75, 3.05) is 6.61 Å². The first-order valence-electron chi connectivity index (χ1n) is 5.74. The number of nitrogens with one attached hydrogen (secondary N) is 1. The average molecular weight is 313 g/mol. The van der Waals surface area contributed by atoms with Gasteiger partial charge >= 0.3 is 0 Å². The highest BCUT2D eigenvalue weighted by Crippen LogP contribution is 2.25. The van der Waals surface area contributed by atoms with Crippen molar-refractivity contribution in [3.05, 3.63) is 28.2 Å². The molecule has 1 aromatic rings. The fraction of sp³-hybridized carbons (Fsp3) is 0.385. The highest BCUT2D eigenvalue weighted by Gasteiger charge is 2.05. The molecule has 0 aromatic heterocycles. The number of hydrogen-bond donors (Lipinski definition) is 1. The third-order valence-corrected chi connectivity index (χ3v) is 2.95. The van der Waals surface area contributed by atoms with Gasteiger partial charge in [0.1, 0.15) is 5.75 Å². The topological polar surface area (TPSA) is 50.7 Å². The van der Waals surface area contributed by atoms with Crippen LogP contribution >= 0.6 is 15.9 Å². The molecule has 18 heavy (non-hydrogen) atoms. The van der Waals surface area contributed by atoms with Gasteiger partial charge in [-0.15, -0.1) is 0 Å². The molecule has 0 heterocycles. The predicted octanol–water partition coefficient (Wildman–Crippen LogP) is 3.04. The number of ether oxygens (including phenoxy) is 1. The number of hydrazone groups is 1. The van der Waals surface area contributed by atoms with Crippen LogP contribution in [0.2, 0.25) is 0 Å². The number of aryl methyl sites for hydroxylation is 1. The van der Waals surface area contributed by atoms with Crippen LogP contribution in [-0.2, 0) is 4.79 Å². The van der Waals surface area contributed by atoms with Crippen molar-refractivity contribution in [2.45, 2.75) is 27.2 Å². The molecule has 1 aromatic carbocycles. The lowest BCUT2D eigenvalue weighted by Gasteiger charge is -2.07. The van der Waals surface area contributed by atoms with Crippen molar-refractivity contribution in [2.24, 2.45) is 5.10 Å². The van der Waals surface area contributed by atoms with Crippen LogP contribution in [0.3, 0.4) is 0 Å². The quantitative estimate of drug-likeness (QED) is 0.671. The van der Waals surface area contributed by atoms with E-state index in [9.17, 15) is 4.79 Å². The molecule has 0 aliphatic carbocycles. The van der Waals surface area contributed by atoms with Crippen molar-refractivity contribution in [3.8, 4) is 5.75 Å². The van der Waals surface area contributed by atoms with Gasteiger partial charge in [-0.05, 0) is 53.9 Å². The number of carbonyl (C=O) groups excluding carboxylic acids is 1. The molecule has 4 nitrogen and oxygen atoms in total. The average Bonchev–Trinajstić information content (AvgIpc) is 2.34. The summed E-state index contributed by atoms with van der Waals surface area (Å²) >= 11 is 3.39.